The molecule has 0 spiro atoms. The Morgan fingerprint density at radius 2 is 2.05 bits per heavy atom. The molecular weight excluding hydrogens is 321 g/mol. The van der Waals surface area contributed by atoms with E-state index in [0.29, 0.717) is 12.1 Å². The van der Waals surface area contributed by atoms with Gasteiger partial charge in [0, 0.05) is 21.7 Å². The standard InChI is InChI=1S/C16H13BrFNO/c1-20-15-4-2-3-12(16(15)18)10-19-8-7-11-5-6-13(17)9-14(11)19/h2-9H,10H2,1H3. The number of hydrogen-bond donors (Lipinski definition) is 0. The van der Waals surface area contributed by atoms with Gasteiger partial charge < -0.3 is 9.30 Å². The fourth-order valence-corrected chi connectivity index (χ4v) is 2.66. The van der Waals surface area contributed by atoms with Gasteiger partial charge in [0.1, 0.15) is 0 Å². The second-order valence-electron chi connectivity index (χ2n) is 4.58. The highest BCUT2D eigenvalue weighted by Crippen LogP contribution is 2.24. The van der Waals surface area contributed by atoms with Gasteiger partial charge in [-0.25, -0.2) is 4.39 Å². The summed E-state index contributed by atoms with van der Waals surface area (Å²) in [6, 6.07) is 13.3. The van der Waals surface area contributed by atoms with E-state index >= 15 is 0 Å². The van der Waals surface area contributed by atoms with Crippen LogP contribution in [-0.2, 0) is 6.54 Å². The SMILES string of the molecule is COc1cccc(Cn2ccc3ccc(Br)cc32)c1F. The lowest BCUT2D eigenvalue weighted by Crippen LogP contribution is -2.02. The van der Waals surface area contributed by atoms with Gasteiger partial charge in [0.05, 0.1) is 13.7 Å². The molecule has 1 heterocycles. The van der Waals surface area contributed by atoms with E-state index in [2.05, 4.69) is 15.9 Å². The molecule has 0 amide bonds. The van der Waals surface area contributed by atoms with E-state index in [4.69, 9.17) is 4.74 Å². The van der Waals surface area contributed by atoms with Gasteiger partial charge in [-0.1, -0.05) is 34.1 Å². The van der Waals surface area contributed by atoms with Crippen molar-refractivity contribution >= 4 is 26.8 Å². The Kier molecular flexibility index (Phi) is 3.49. The Morgan fingerprint density at radius 3 is 2.85 bits per heavy atom. The third-order valence-corrected chi connectivity index (χ3v) is 3.83. The first-order valence-corrected chi connectivity index (χ1v) is 7.04. The lowest BCUT2D eigenvalue weighted by Gasteiger charge is -2.09. The van der Waals surface area contributed by atoms with E-state index in [1.165, 1.54) is 7.11 Å². The van der Waals surface area contributed by atoms with Gasteiger partial charge in [-0.15, -0.1) is 0 Å². The fraction of sp³-hybridized carbons (Fsp3) is 0.125. The maximum Gasteiger partial charge on any atom is 0.170 e. The molecule has 102 valence electrons. The van der Waals surface area contributed by atoms with Crippen LogP contribution in [0.25, 0.3) is 10.9 Å². The minimum Gasteiger partial charge on any atom is -0.494 e. The number of benzene rings is 2. The van der Waals surface area contributed by atoms with Crippen LogP contribution in [0.5, 0.6) is 5.75 Å². The van der Waals surface area contributed by atoms with E-state index < -0.39 is 0 Å². The molecule has 4 heteroatoms. The van der Waals surface area contributed by atoms with Crippen LogP contribution < -0.4 is 4.74 Å². The van der Waals surface area contributed by atoms with E-state index in [-0.39, 0.29) is 11.6 Å². The molecule has 0 saturated carbocycles. The predicted octanol–water partition coefficient (Wildman–Crippen LogP) is 4.60. The summed E-state index contributed by atoms with van der Waals surface area (Å²) in [7, 11) is 1.48. The van der Waals surface area contributed by atoms with Crippen molar-refractivity contribution in [1.29, 1.82) is 0 Å². The van der Waals surface area contributed by atoms with Gasteiger partial charge >= 0.3 is 0 Å². The molecule has 0 aliphatic carbocycles. The van der Waals surface area contributed by atoms with E-state index in [9.17, 15) is 4.39 Å². The highest BCUT2D eigenvalue weighted by Gasteiger charge is 2.10. The van der Waals surface area contributed by atoms with Crippen molar-refractivity contribution < 1.29 is 9.13 Å². The number of methoxy groups -OCH3 is 1. The van der Waals surface area contributed by atoms with Crippen LogP contribution >= 0.6 is 15.9 Å². The summed E-state index contributed by atoms with van der Waals surface area (Å²) in [6.07, 6.45) is 1.97. The average Bonchev–Trinajstić information content (AvgIpc) is 2.83. The molecule has 0 atom stereocenters. The Hall–Kier alpha value is -1.81. The topological polar surface area (TPSA) is 14.2 Å². The summed E-state index contributed by atoms with van der Waals surface area (Å²) in [5.41, 5.74) is 1.68. The number of rotatable bonds is 3. The molecule has 0 radical (unpaired) electrons. The highest BCUT2D eigenvalue weighted by atomic mass is 79.9. The number of aromatic nitrogens is 1. The van der Waals surface area contributed by atoms with Gasteiger partial charge in [0.25, 0.3) is 0 Å². The largest absolute Gasteiger partial charge is 0.494 e. The molecule has 0 bridgehead atoms. The van der Waals surface area contributed by atoms with Gasteiger partial charge in [-0.3, -0.25) is 0 Å². The van der Waals surface area contributed by atoms with Crippen LogP contribution in [0.4, 0.5) is 4.39 Å². The smallest absolute Gasteiger partial charge is 0.170 e. The molecule has 0 saturated heterocycles. The quantitative estimate of drug-likeness (QED) is 0.683. The Bertz CT molecular complexity index is 766. The van der Waals surface area contributed by atoms with E-state index in [1.54, 1.807) is 18.2 Å². The molecule has 0 aliphatic rings. The van der Waals surface area contributed by atoms with Gasteiger partial charge in [-0.2, -0.15) is 0 Å². The lowest BCUT2D eigenvalue weighted by atomic mass is 10.2. The molecule has 0 unspecified atom stereocenters. The second kappa shape index (κ2) is 5.29. The molecule has 20 heavy (non-hydrogen) atoms. The van der Waals surface area contributed by atoms with Crippen molar-refractivity contribution in [2.45, 2.75) is 6.54 Å². The van der Waals surface area contributed by atoms with Crippen LogP contribution in [0.1, 0.15) is 5.56 Å². The maximum atomic E-state index is 14.2. The Labute approximate surface area is 124 Å². The second-order valence-corrected chi connectivity index (χ2v) is 5.50. The summed E-state index contributed by atoms with van der Waals surface area (Å²) >= 11 is 3.47. The average molecular weight is 334 g/mol. The summed E-state index contributed by atoms with van der Waals surface area (Å²) in [6.45, 7) is 0.475. The van der Waals surface area contributed by atoms with Crippen molar-refractivity contribution in [3.63, 3.8) is 0 Å². The molecule has 0 N–H and O–H groups in total. The molecular formula is C16H13BrFNO. The van der Waals surface area contributed by atoms with Crippen LogP contribution in [0.3, 0.4) is 0 Å². The minimum absolute atomic E-state index is 0.278. The van der Waals surface area contributed by atoms with Crippen molar-refractivity contribution in [3.8, 4) is 5.75 Å². The molecule has 2 nitrogen and oxygen atoms in total. The first kappa shape index (κ1) is 13.2. The van der Waals surface area contributed by atoms with Crippen LogP contribution in [-0.4, -0.2) is 11.7 Å². The molecule has 2 aromatic carbocycles. The summed E-state index contributed by atoms with van der Waals surface area (Å²) < 4.78 is 22.3. The zero-order valence-electron chi connectivity index (χ0n) is 10.9. The van der Waals surface area contributed by atoms with Crippen LogP contribution in [0, 0.1) is 5.82 Å². The number of fused-ring (bicyclic) bond motifs is 1. The van der Waals surface area contributed by atoms with Crippen molar-refractivity contribution in [1.82, 2.24) is 4.57 Å². The fourth-order valence-electron chi connectivity index (χ4n) is 2.31. The monoisotopic (exact) mass is 333 g/mol. The third kappa shape index (κ3) is 2.31. The number of nitrogens with zero attached hydrogens (tertiary/aromatic N) is 1. The zero-order chi connectivity index (χ0) is 14.1. The number of ether oxygens (including phenoxy) is 1. The summed E-state index contributed by atoms with van der Waals surface area (Å²) in [5.74, 6) is -0.0213. The van der Waals surface area contributed by atoms with Crippen molar-refractivity contribution in [2.24, 2.45) is 0 Å². The number of hydrogen-bond acceptors (Lipinski definition) is 1. The Morgan fingerprint density at radius 1 is 1.20 bits per heavy atom. The predicted molar refractivity (Wildman–Crippen MR) is 81.7 cm³/mol. The van der Waals surface area contributed by atoms with Gasteiger partial charge in [0.2, 0.25) is 0 Å². The first-order valence-electron chi connectivity index (χ1n) is 6.25. The van der Waals surface area contributed by atoms with E-state index in [0.717, 1.165) is 15.4 Å². The normalized spacial score (nSPS) is 10.9. The van der Waals surface area contributed by atoms with Crippen LogP contribution in [0.2, 0.25) is 0 Å². The third-order valence-electron chi connectivity index (χ3n) is 3.34. The molecule has 1 aromatic heterocycles. The zero-order valence-corrected chi connectivity index (χ0v) is 12.5. The van der Waals surface area contributed by atoms with Gasteiger partial charge in [0.15, 0.2) is 11.6 Å². The number of halogens is 2. The minimum atomic E-state index is -0.299. The van der Waals surface area contributed by atoms with Crippen LogP contribution in [0.15, 0.2) is 53.1 Å². The Balaban J connectivity index is 2.03. The summed E-state index contributed by atoms with van der Waals surface area (Å²) in [4.78, 5) is 0. The highest BCUT2D eigenvalue weighted by molar-refractivity contribution is 9.10. The lowest BCUT2D eigenvalue weighted by molar-refractivity contribution is 0.383. The molecule has 3 aromatic rings. The van der Waals surface area contributed by atoms with Gasteiger partial charge in [-0.05, 0) is 29.7 Å². The summed E-state index contributed by atoms with van der Waals surface area (Å²) in [5, 5.41) is 1.14. The van der Waals surface area contributed by atoms with E-state index in [1.807, 2.05) is 35.0 Å². The molecule has 0 fully saturated rings. The maximum absolute atomic E-state index is 14.2. The molecule has 3 rings (SSSR count). The molecule has 0 aliphatic heterocycles. The van der Waals surface area contributed by atoms with Crippen molar-refractivity contribution in [3.05, 3.63) is 64.5 Å². The first-order chi connectivity index (χ1) is 9.69. The van der Waals surface area contributed by atoms with Crippen molar-refractivity contribution in [2.75, 3.05) is 7.11 Å².